The van der Waals surface area contributed by atoms with Gasteiger partial charge in [-0.15, -0.1) is 0 Å². The molecular weight excluding hydrogens is 376 g/mol. The number of carbonyl (C=O) groups is 2. The lowest BCUT2D eigenvalue weighted by atomic mass is 10.1. The molecule has 0 unspecified atom stereocenters. The summed E-state index contributed by atoms with van der Waals surface area (Å²) in [4.78, 5) is 29.3. The number of anilines is 3. The second-order valence-corrected chi connectivity index (χ2v) is 8.46. The standard InChI is InChI=1S/C24H30N4O2/c1-17(2)27-13-15-28(16-14-27)22-11-5-19(6-12-22)24(30)26-21-9-7-20(8-10-21)25-23(29)18-3-4-18/h5-12,17-18H,3-4,13-16H2,1-2H3,(H,25,29)(H,26,30). The van der Waals surface area contributed by atoms with Gasteiger partial charge in [-0.3, -0.25) is 14.5 Å². The van der Waals surface area contributed by atoms with Crippen LogP contribution in [-0.4, -0.2) is 48.9 Å². The van der Waals surface area contributed by atoms with E-state index in [-0.39, 0.29) is 17.7 Å². The Bertz CT molecular complexity index is 880. The first kappa shape index (κ1) is 20.4. The van der Waals surface area contributed by atoms with Crippen LogP contribution < -0.4 is 15.5 Å². The third-order valence-electron chi connectivity index (χ3n) is 5.90. The van der Waals surface area contributed by atoms with Crippen molar-refractivity contribution in [3.63, 3.8) is 0 Å². The Kier molecular flexibility index (Phi) is 6.04. The summed E-state index contributed by atoms with van der Waals surface area (Å²) in [6.07, 6.45) is 1.96. The minimum atomic E-state index is -0.138. The molecular formula is C24H30N4O2. The molecule has 0 radical (unpaired) electrons. The van der Waals surface area contributed by atoms with E-state index in [2.05, 4.69) is 34.3 Å². The van der Waals surface area contributed by atoms with Gasteiger partial charge in [0.05, 0.1) is 0 Å². The average molecular weight is 407 g/mol. The predicted octanol–water partition coefficient (Wildman–Crippen LogP) is 3.82. The maximum atomic E-state index is 12.6. The van der Waals surface area contributed by atoms with Crippen molar-refractivity contribution in [2.45, 2.75) is 32.7 Å². The summed E-state index contributed by atoms with van der Waals surface area (Å²) >= 11 is 0. The Morgan fingerprint density at radius 1 is 0.833 bits per heavy atom. The molecule has 1 aliphatic heterocycles. The molecule has 2 aromatic carbocycles. The Hall–Kier alpha value is -2.86. The molecule has 158 valence electrons. The van der Waals surface area contributed by atoms with Crippen molar-refractivity contribution in [2.24, 2.45) is 5.92 Å². The quantitative estimate of drug-likeness (QED) is 0.766. The van der Waals surface area contributed by atoms with Crippen LogP contribution in [0.3, 0.4) is 0 Å². The van der Waals surface area contributed by atoms with Crippen LogP contribution in [0.1, 0.15) is 37.0 Å². The molecule has 2 amide bonds. The van der Waals surface area contributed by atoms with Gasteiger partial charge >= 0.3 is 0 Å². The molecule has 1 saturated heterocycles. The number of nitrogens with one attached hydrogen (secondary N) is 2. The number of piperazine rings is 1. The number of amides is 2. The number of carbonyl (C=O) groups excluding carboxylic acids is 2. The maximum Gasteiger partial charge on any atom is 0.255 e. The second-order valence-electron chi connectivity index (χ2n) is 8.46. The fourth-order valence-electron chi connectivity index (χ4n) is 3.75. The lowest BCUT2D eigenvalue weighted by molar-refractivity contribution is -0.117. The monoisotopic (exact) mass is 406 g/mol. The molecule has 30 heavy (non-hydrogen) atoms. The van der Waals surface area contributed by atoms with E-state index >= 15 is 0 Å². The van der Waals surface area contributed by atoms with Gasteiger partial charge in [-0.25, -0.2) is 0 Å². The van der Waals surface area contributed by atoms with E-state index in [0.717, 1.165) is 50.4 Å². The Morgan fingerprint density at radius 2 is 1.40 bits per heavy atom. The lowest BCUT2D eigenvalue weighted by Crippen LogP contribution is -2.48. The summed E-state index contributed by atoms with van der Waals surface area (Å²) in [5.74, 6) is 0.116. The Balaban J connectivity index is 1.31. The van der Waals surface area contributed by atoms with Gasteiger partial charge in [0.15, 0.2) is 0 Å². The van der Waals surface area contributed by atoms with Crippen LogP contribution in [0.15, 0.2) is 48.5 Å². The molecule has 0 bridgehead atoms. The molecule has 0 spiro atoms. The lowest BCUT2D eigenvalue weighted by Gasteiger charge is -2.38. The van der Waals surface area contributed by atoms with Crippen molar-refractivity contribution in [3.8, 4) is 0 Å². The van der Waals surface area contributed by atoms with Crippen LogP contribution in [0.5, 0.6) is 0 Å². The highest BCUT2D eigenvalue weighted by Crippen LogP contribution is 2.30. The summed E-state index contributed by atoms with van der Waals surface area (Å²) in [6, 6.07) is 15.6. The minimum Gasteiger partial charge on any atom is -0.369 e. The zero-order valence-corrected chi connectivity index (χ0v) is 17.7. The van der Waals surface area contributed by atoms with Gasteiger partial charge in [-0.1, -0.05) is 0 Å². The minimum absolute atomic E-state index is 0.0810. The third-order valence-corrected chi connectivity index (χ3v) is 5.90. The highest BCUT2D eigenvalue weighted by Gasteiger charge is 2.29. The smallest absolute Gasteiger partial charge is 0.255 e. The van der Waals surface area contributed by atoms with Crippen LogP contribution >= 0.6 is 0 Å². The maximum absolute atomic E-state index is 12.6. The van der Waals surface area contributed by atoms with E-state index in [1.54, 1.807) is 0 Å². The highest BCUT2D eigenvalue weighted by atomic mass is 16.2. The molecule has 1 saturated carbocycles. The van der Waals surface area contributed by atoms with Gasteiger partial charge in [-0.05, 0) is 75.2 Å². The molecule has 4 rings (SSSR count). The van der Waals surface area contributed by atoms with Gasteiger partial charge in [-0.2, -0.15) is 0 Å². The molecule has 1 aliphatic carbocycles. The highest BCUT2D eigenvalue weighted by molar-refractivity contribution is 6.04. The van der Waals surface area contributed by atoms with Gasteiger partial charge in [0.25, 0.3) is 5.91 Å². The van der Waals surface area contributed by atoms with E-state index in [1.807, 2.05) is 48.5 Å². The van der Waals surface area contributed by atoms with Crippen molar-refractivity contribution < 1.29 is 9.59 Å². The number of rotatable bonds is 6. The number of benzene rings is 2. The predicted molar refractivity (Wildman–Crippen MR) is 121 cm³/mol. The molecule has 0 aromatic heterocycles. The largest absolute Gasteiger partial charge is 0.369 e. The summed E-state index contributed by atoms with van der Waals surface area (Å²) in [5.41, 5.74) is 3.25. The van der Waals surface area contributed by atoms with Crippen molar-refractivity contribution >= 4 is 28.9 Å². The van der Waals surface area contributed by atoms with E-state index in [4.69, 9.17) is 0 Å². The van der Waals surface area contributed by atoms with Gasteiger partial charge in [0.1, 0.15) is 0 Å². The number of nitrogens with zero attached hydrogens (tertiary/aromatic N) is 2. The molecule has 2 fully saturated rings. The van der Waals surface area contributed by atoms with E-state index in [9.17, 15) is 9.59 Å². The average Bonchev–Trinajstić information content (AvgIpc) is 3.61. The van der Waals surface area contributed by atoms with Crippen molar-refractivity contribution in [2.75, 3.05) is 41.7 Å². The topological polar surface area (TPSA) is 64.7 Å². The van der Waals surface area contributed by atoms with Crippen LogP contribution in [0, 0.1) is 5.92 Å². The summed E-state index contributed by atoms with van der Waals surface area (Å²) in [6.45, 7) is 8.62. The van der Waals surface area contributed by atoms with Gasteiger partial charge in [0, 0.05) is 60.8 Å². The fourth-order valence-corrected chi connectivity index (χ4v) is 3.75. The first-order valence-electron chi connectivity index (χ1n) is 10.8. The molecule has 2 aromatic rings. The van der Waals surface area contributed by atoms with Crippen LogP contribution in [0.25, 0.3) is 0 Å². The SMILES string of the molecule is CC(C)N1CCN(c2ccc(C(=O)Nc3ccc(NC(=O)C4CC4)cc3)cc2)CC1. The van der Waals surface area contributed by atoms with E-state index in [1.165, 1.54) is 0 Å². The molecule has 2 N–H and O–H groups in total. The van der Waals surface area contributed by atoms with Gasteiger partial charge < -0.3 is 15.5 Å². The number of hydrogen-bond acceptors (Lipinski definition) is 4. The Morgan fingerprint density at radius 3 is 1.93 bits per heavy atom. The summed E-state index contributed by atoms with van der Waals surface area (Å²) in [5, 5.41) is 5.82. The molecule has 6 nitrogen and oxygen atoms in total. The van der Waals surface area contributed by atoms with E-state index in [0.29, 0.717) is 17.3 Å². The zero-order chi connectivity index (χ0) is 21.1. The molecule has 0 atom stereocenters. The summed E-state index contributed by atoms with van der Waals surface area (Å²) in [7, 11) is 0. The van der Waals surface area contributed by atoms with Crippen LogP contribution in [0.4, 0.5) is 17.1 Å². The van der Waals surface area contributed by atoms with Crippen molar-refractivity contribution in [1.82, 2.24) is 4.90 Å². The first-order chi connectivity index (χ1) is 14.5. The van der Waals surface area contributed by atoms with Crippen molar-refractivity contribution in [1.29, 1.82) is 0 Å². The van der Waals surface area contributed by atoms with Gasteiger partial charge in [0.2, 0.25) is 5.91 Å². The summed E-state index contributed by atoms with van der Waals surface area (Å²) < 4.78 is 0. The van der Waals surface area contributed by atoms with Crippen LogP contribution in [0.2, 0.25) is 0 Å². The number of hydrogen-bond donors (Lipinski definition) is 2. The molecule has 6 heteroatoms. The molecule has 1 heterocycles. The van der Waals surface area contributed by atoms with Crippen LogP contribution in [-0.2, 0) is 4.79 Å². The second kappa shape index (κ2) is 8.88. The fraction of sp³-hybridized carbons (Fsp3) is 0.417. The third kappa shape index (κ3) is 5.00. The first-order valence-corrected chi connectivity index (χ1v) is 10.8. The van der Waals surface area contributed by atoms with E-state index < -0.39 is 0 Å². The molecule has 2 aliphatic rings. The Labute approximate surface area is 178 Å². The normalized spacial score (nSPS) is 17.1. The van der Waals surface area contributed by atoms with Crippen molar-refractivity contribution in [3.05, 3.63) is 54.1 Å². The zero-order valence-electron chi connectivity index (χ0n) is 17.7.